The standard InChI is InChI=1S/C13H19ClN2O2S/c1-15(7-11-4-5-12(14)19-11)13(18)8-16-6-2-3-10(16)9-17/h4-5,10,17H,2-3,6-9H2,1H3. The highest BCUT2D eigenvalue weighted by Gasteiger charge is 2.26. The van der Waals surface area contributed by atoms with E-state index in [1.807, 2.05) is 12.1 Å². The molecule has 1 fully saturated rings. The van der Waals surface area contributed by atoms with Crippen LogP contribution >= 0.6 is 22.9 Å². The van der Waals surface area contributed by atoms with Crippen molar-refractivity contribution < 1.29 is 9.90 Å². The molecule has 6 heteroatoms. The fourth-order valence-corrected chi connectivity index (χ4v) is 3.50. The summed E-state index contributed by atoms with van der Waals surface area (Å²) in [5.74, 6) is 0.0878. The molecule has 1 amide bonds. The number of hydrogen-bond acceptors (Lipinski definition) is 4. The molecule has 1 atom stereocenters. The lowest BCUT2D eigenvalue weighted by Crippen LogP contribution is -2.41. The van der Waals surface area contributed by atoms with Crippen molar-refractivity contribution in [2.24, 2.45) is 0 Å². The van der Waals surface area contributed by atoms with Crippen LogP contribution in [0.15, 0.2) is 12.1 Å². The molecule has 2 rings (SSSR count). The zero-order valence-electron chi connectivity index (χ0n) is 11.0. The van der Waals surface area contributed by atoms with Crippen molar-refractivity contribution in [3.8, 4) is 0 Å². The number of carbonyl (C=O) groups excluding carboxylic acids is 1. The second-order valence-electron chi connectivity index (χ2n) is 4.90. The molecule has 1 N–H and O–H groups in total. The molecule has 0 radical (unpaired) electrons. The number of carbonyl (C=O) groups is 1. The number of aliphatic hydroxyl groups excluding tert-OH is 1. The van der Waals surface area contributed by atoms with Crippen molar-refractivity contribution in [1.82, 2.24) is 9.80 Å². The van der Waals surface area contributed by atoms with Gasteiger partial charge in [0.25, 0.3) is 0 Å². The number of likely N-dealkylation sites (N-methyl/N-ethyl adjacent to an activating group) is 1. The van der Waals surface area contributed by atoms with Crippen molar-refractivity contribution in [3.05, 3.63) is 21.3 Å². The molecule has 0 bridgehead atoms. The van der Waals surface area contributed by atoms with E-state index in [4.69, 9.17) is 11.6 Å². The zero-order valence-corrected chi connectivity index (χ0v) is 12.6. The smallest absolute Gasteiger partial charge is 0.236 e. The summed E-state index contributed by atoms with van der Waals surface area (Å²) in [6, 6.07) is 3.94. The number of halogens is 1. The maximum absolute atomic E-state index is 12.1. The monoisotopic (exact) mass is 302 g/mol. The molecule has 4 nitrogen and oxygen atoms in total. The van der Waals surface area contributed by atoms with E-state index in [0.29, 0.717) is 13.1 Å². The second-order valence-corrected chi connectivity index (χ2v) is 6.70. The van der Waals surface area contributed by atoms with Crippen LogP contribution in [0.5, 0.6) is 0 Å². The number of nitrogens with zero attached hydrogens (tertiary/aromatic N) is 2. The molecular weight excluding hydrogens is 284 g/mol. The molecule has 1 unspecified atom stereocenters. The first-order valence-corrected chi connectivity index (χ1v) is 7.62. The molecule has 106 valence electrons. The molecule has 1 aromatic heterocycles. The van der Waals surface area contributed by atoms with E-state index < -0.39 is 0 Å². The minimum atomic E-state index is 0.0878. The van der Waals surface area contributed by atoms with E-state index in [1.165, 1.54) is 11.3 Å². The first kappa shape index (κ1) is 14.8. The van der Waals surface area contributed by atoms with Gasteiger partial charge in [0.15, 0.2) is 0 Å². The Morgan fingerprint density at radius 3 is 3.05 bits per heavy atom. The summed E-state index contributed by atoms with van der Waals surface area (Å²) in [6.45, 7) is 2.02. The predicted molar refractivity (Wildman–Crippen MR) is 77.5 cm³/mol. The van der Waals surface area contributed by atoms with Crippen molar-refractivity contribution in [2.75, 3.05) is 26.7 Å². The minimum Gasteiger partial charge on any atom is -0.395 e. The number of aliphatic hydroxyl groups is 1. The lowest BCUT2D eigenvalue weighted by molar-refractivity contribution is -0.132. The van der Waals surface area contributed by atoms with Crippen LogP contribution in [0.25, 0.3) is 0 Å². The quantitative estimate of drug-likeness (QED) is 0.902. The highest BCUT2D eigenvalue weighted by Crippen LogP contribution is 2.22. The van der Waals surface area contributed by atoms with Crippen molar-refractivity contribution in [1.29, 1.82) is 0 Å². The predicted octanol–water partition coefficient (Wildman–Crippen LogP) is 1.82. The number of thiophene rings is 1. The van der Waals surface area contributed by atoms with Gasteiger partial charge in [-0.2, -0.15) is 0 Å². The molecule has 0 aromatic carbocycles. The maximum atomic E-state index is 12.1. The summed E-state index contributed by atoms with van der Waals surface area (Å²) in [7, 11) is 1.81. The van der Waals surface area contributed by atoms with Crippen LogP contribution in [0.4, 0.5) is 0 Å². The van der Waals surface area contributed by atoms with Gasteiger partial charge in [-0.15, -0.1) is 11.3 Å². The normalized spacial score (nSPS) is 19.8. The van der Waals surface area contributed by atoms with Crippen LogP contribution < -0.4 is 0 Å². The molecule has 0 saturated carbocycles. The summed E-state index contributed by atoms with van der Waals surface area (Å²) >= 11 is 7.38. The molecule has 1 aliphatic rings. The van der Waals surface area contributed by atoms with Gasteiger partial charge in [-0.05, 0) is 31.5 Å². The second kappa shape index (κ2) is 6.70. The topological polar surface area (TPSA) is 43.8 Å². The summed E-state index contributed by atoms with van der Waals surface area (Å²) in [4.78, 5) is 17.0. The fraction of sp³-hybridized carbons (Fsp3) is 0.615. The lowest BCUT2D eigenvalue weighted by atomic mass is 10.2. The van der Waals surface area contributed by atoms with E-state index in [9.17, 15) is 9.90 Å². The molecule has 1 aliphatic heterocycles. The van der Waals surface area contributed by atoms with E-state index >= 15 is 0 Å². The van der Waals surface area contributed by atoms with Gasteiger partial charge >= 0.3 is 0 Å². The van der Waals surface area contributed by atoms with E-state index in [1.54, 1.807) is 11.9 Å². The number of hydrogen-bond donors (Lipinski definition) is 1. The van der Waals surface area contributed by atoms with Crippen LogP contribution in [-0.4, -0.2) is 53.6 Å². The van der Waals surface area contributed by atoms with E-state index in [-0.39, 0.29) is 18.6 Å². The first-order valence-electron chi connectivity index (χ1n) is 6.43. The third-order valence-electron chi connectivity index (χ3n) is 3.50. The highest BCUT2D eigenvalue weighted by atomic mass is 35.5. The maximum Gasteiger partial charge on any atom is 0.236 e. The van der Waals surface area contributed by atoms with Crippen molar-refractivity contribution >= 4 is 28.8 Å². The van der Waals surface area contributed by atoms with E-state index in [0.717, 1.165) is 28.6 Å². The van der Waals surface area contributed by atoms with Gasteiger partial charge in [-0.1, -0.05) is 11.6 Å². The first-order chi connectivity index (χ1) is 9.10. The number of amides is 1. The Hall–Kier alpha value is -0.620. The number of rotatable bonds is 5. The molecule has 2 heterocycles. The summed E-state index contributed by atoms with van der Waals surface area (Å²) < 4.78 is 0.746. The largest absolute Gasteiger partial charge is 0.395 e. The number of likely N-dealkylation sites (tertiary alicyclic amines) is 1. The lowest BCUT2D eigenvalue weighted by Gasteiger charge is -2.25. The molecule has 0 spiro atoms. The Morgan fingerprint density at radius 2 is 2.42 bits per heavy atom. The van der Waals surface area contributed by atoms with Crippen molar-refractivity contribution in [2.45, 2.75) is 25.4 Å². The van der Waals surface area contributed by atoms with Gasteiger partial charge in [0.1, 0.15) is 0 Å². The summed E-state index contributed by atoms with van der Waals surface area (Å²) in [6.07, 6.45) is 2.04. The Labute approximate surface area is 122 Å². The Kier molecular flexibility index (Phi) is 5.21. The average Bonchev–Trinajstić information content (AvgIpc) is 2.98. The third kappa shape index (κ3) is 3.92. The van der Waals surface area contributed by atoms with Crippen molar-refractivity contribution in [3.63, 3.8) is 0 Å². The Morgan fingerprint density at radius 1 is 1.63 bits per heavy atom. The van der Waals surface area contributed by atoms with Crippen LogP contribution in [0.1, 0.15) is 17.7 Å². The van der Waals surface area contributed by atoms with E-state index in [2.05, 4.69) is 4.90 Å². The zero-order chi connectivity index (χ0) is 13.8. The van der Waals surface area contributed by atoms with Crippen LogP contribution in [-0.2, 0) is 11.3 Å². The third-order valence-corrected chi connectivity index (χ3v) is 4.71. The van der Waals surface area contributed by atoms with Gasteiger partial charge in [0, 0.05) is 18.0 Å². The Bertz CT molecular complexity index is 438. The highest BCUT2D eigenvalue weighted by molar-refractivity contribution is 7.16. The molecule has 1 aromatic rings. The molecule has 1 saturated heterocycles. The van der Waals surface area contributed by atoms with Crippen LogP contribution in [0, 0.1) is 0 Å². The van der Waals surface area contributed by atoms with Gasteiger partial charge in [-0.25, -0.2) is 0 Å². The van der Waals surface area contributed by atoms with Gasteiger partial charge in [-0.3, -0.25) is 9.69 Å². The molecular formula is C13H19ClN2O2S. The molecule has 19 heavy (non-hydrogen) atoms. The Balaban J connectivity index is 1.85. The summed E-state index contributed by atoms with van der Waals surface area (Å²) in [5.41, 5.74) is 0. The van der Waals surface area contributed by atoms with Crippen LogP contribution in [0.2, 0.25) is 4.34 Å². The van der Waals surface area contributed by atoms with Crippen LogP contribution in [0.3, 0.4) is 0 Å². The van der Waals surface area contributed by atoms with Gasteiger partial charge in [0.05, 0.1) is 24.0 Å². The average molecular weight is 303 g/mol. The SMILES string of the molecule is CN(Cc1ccc(Cl)s1)C(=O)CN1CCCC1CO. The van der Waals surface area contributed by atoms with Gasteiger partial charge < -0.3 is 10.0 Å². The molecule has 0 aliphatic carbocycles. The minimum absolute atomic E-state index is 0.0878. The summed E-state index contributed by atoms with van der Waals surface area (Å²) in [5, 5.41) is 9.25. The van der Waals surface area contributed by atoms with Gasteiger partial charge in [0.2, 0.25) is 5.91 Å². The fourth-order valence-electron chi connectivity index (χ4n) is 2.36.